The molecule has 0 heterocycles. The van der Waals surface area contributed by atoms with Crippen LogP contribution >= 0.6 is 15.9 Å². The molecule has 0 fully saturated rings. The summed E-state index contributed by atoms with van der Waals surface area (Å²) in [6, 6.07) is 23.3. The molecule has 0 spiro atoms. The molecule has 0 atom stereocenters. The Hall–Kier alpha value is -4.37. The van der Waals surface area contributed by atoms with Crippen LogP contribution in [-0.2, 0) is 11.2 Å². The van der Waals surface area contributed by atoms with Gasteiger partial charge in [0.25, 0.3) is 5.69 Å². The largest absolute Gasteiger partial charge is 0.423 e. The van der Waals surface area contributed by atoms with Crippen LogP contribution in [0.15, 0.2) is 94.5 Å². The van der Waals surface area contributed by atoms with Gasteiger partial charge in [-0.2, -0.15) is 5.10 Å². The quantitative estimate of drug-likeness (QED) is 0.112. The van der Waals surface area contributed by atoms with Crippen molar-refractivity contribution in [2.45, 2.75) is 6.42 Å². The fourth-order valence-corrected chi connectivity index (χ4v) is 3.86. The van der Waals surface area contributed by atoms with Gasteiger partial charge in [-0.25, -0.2) is 10.2 Å². The van der Waals surface area contributed by atoms with Crippen LogP contribution in [0.2, 0.25) is 0 Å². The molecule has 0 unspecified atom stereocenters. The molecule has 1 amide bonds. The Kier molecular flexibility index (Phi) is 7.27. The maximum absolute atomic E-state index is 12.4. The number of carbonyl (C=O) groups is 2. The van der Waals surface area contributed by atoms with Gasteiger partial charge in [-0.3, -0.25) is 14.9 Å². The average Bonchev–Trinajstić information content (AvgIpc) is 2.87. The molecule has 4 aromatic carbocycles. The van der Waals surface area contributed by atoms with E-state index in [1.54, 1.807) is 24.3 Å². The van der Waals surface area contributed by atoms with Crippen molar-refractivity contribution in [1.82, 2.24) is 5.43 Å². The van der Waals surface area contributed by atoms with Gasteiger partial charge in [0.2, 0.25) is 5.91 Å². The molecule has 8 nitrogen and oxygen atoms in total. The molecule has 1 N–H and O–H groups in total. The van der Waals surface area contributed by atoms with Gasteiger partial charge in [-0.05, 0) is 64.4 Å². The lowest BCUT2D eigenvalue weighted by molar-refractivity contribution is -0.384. The maximum Gasteiger partial charge on any atom is 0.343 e. The van der Waals surface area contributed by atoms with E-state index in [0.717, 1.165) is 20.8 Å². The van der Waals surface area contributed by atoms with Crippen LogP contribution in [0.4, 0.5) is 5.69 Å². The van der Waals surface area contributed by atoms with Gasteiger partial charge in [0, 0.05) is 16.6 Å². The summed E-state index contributed by atoms with van der Waals surface area (Å²) in [6.45, 7) is 0. The van der Waals surface area contributed by atoms with Crippen molar-refractivity contribution in [3.63, 3.8) is 0 Å². The number of carbonyl (C=O) groups excluding carboxylic acids is 2. The molecule has 35 heavy (non-hydrogen) atoms. The smallest absolute Gasteiger partial charge is 0.343 e. The summed E-state index contributed by atoms with van der Waals surface area (Å²) in [6.07, 6.45) is 1.67. The van der Waals surface area contributed by atoms with E-state index < -0.39 is 10.9 Å². The number of hydrogen-bond donors (Lipinski definition) is 1. The van der Waals surface area contributed by atoms with E-state index in [4.69, 9.17) is 4.74 Å². The molecule has 0 aliphatic heterocycles. The summed E-state index contributed by atoms with van der Waals surface area (Å²) >= 11 is 3.53. The number of non-ortho nitro benzene ring substituents is 1. The molecule has 4 aromatic rings. The zero-order chi connectivity index (χ0) is 24.8. The van der Waals surface area contributed by atoms with Crippen LogP contribution in [0.25, 0.3) is 10.8 Å². The number of fused-ring (bicyclic) bond motifs is 1. The number of esters is 1. The second kappa shape index (κ2) is 10.7. The lowest BCUT2D eigenvalue weighted by Gasteiger charge is -2.07. The first-order chi connectivity index (χ1) is 16.9. The van der Waals surface area contributed by atoms with Gasteiger partial charge in [0.05, 0.1) is 23.1 Å². The second-order valence-electron chi connectivity index (χ2n) is 7.48. The van der Waals surface area contributed by atoms with Gasteiger partial charge in [0.15, 0.2) is 0 Å². The van der Waals surface area contributed by atoms with Crippen LogP contribution in [0, 0.1) is 10.1 Å². The Labute approximate surface area is 208 Å². The predicted molar refractivity (Wildman–Crippen MR) is 136 cm³/mol. The SMILES string of the molecule is O=C(Cc1ccc(Br)c2ccccc12)N/N=C/c1ccc(OC(=O)c2ccc([N+](=O)[O-])cc2)cc1. The number of benzene rings is 4. The monoisotopic (exact) mass is 531 g/mol. The van der Waals surface area contributed by atoms with Crippen LogP contribution in [0.1, 0.15) is 21.5 Å². The number of amides is 1. The fraction of sp³-hybridized carbons (Fsp3) is 0.0385. The molecule has 174 valence electrons. The minimum absolute atomic E-state index is 0.109. The molecule has 0 aliphatic rings. The molecule has 0 aromatic heterocycles. The van der Waals surface area contributed by atoms with Gasteiger partial charge in [-0.15, -0.1) is 0 Å². The molecular weight excluding hydrogens is 514 g/mol. The third-order valence-corrected chi connectivity index (χ3v) is 5.81. The van der Waals surface area contributed by atoms with E-state index in [-0.39, 0.29) is 23.6 Å². The van der Waals surface area contributed by atoms with E-state index in [2.05, 4.69) is 26.5 Å². The summed E-state index contributed by atoms with van der Waals surface area (Å²) in [5.41, 5.74) is 4.20. The molecule has 9 heteroatoms. The number of nitro groups is 1. The molecular formula is C26H18BrN3O5. The summed E-state index contributed by atoms with van der Waals surface area (Å²) in [7, 11) is 0. The molecule has 0 saturated heterocycles. The van der Waals surface area contributed by atoms with E-state index in [9.17, 15) is 19.7 Å². The Bertz CT molecular complexity index is 1430. The van der Waals surface area contributed by atoms with E-state index >= 15 is 0 Å². The van der Waals surface area contributed by atoms with E-state index in [1.165, 1.54) is 30.5 Å². The van der Waals surface area contributed by atoms with Crippen molar-refractivity contribution >= 4 is 50.5 Å². The van der Waals surface area contributed by atoms with Gasteiger partial charge in [-0.1, -0.05) is 46.3 Å². The first kappa shape index (κ1) is 23.8. The van der Waals surface area contributed by atoms with Gasteiger partial charge < -0.3 is 4.74 Å². The summed E-state index contributed by atoms with van der Waals surface area (Å²) in [5.74, 6) is -0.576. The summed E-state index contributed by atoms with van der Waals surface area (Å²) in [4.78, 5) is 34.7. The normalized spacial score (nSPS) is 10.9. The Morgan fingerprint density at radius 3 is 2.31 bits per heavy atom. The fourth-order valence-electron chi connectivity index (χ4n) is 3.38. The zero-order valence-electron chi connectivity index (χ0n) is 18.2. The number of hydrogen-bond acceptors (Lipinski definition) is 6. The van der Waals surface area contributed by atoms with Crippen LogP contribution < -0.4 is 10.2 Å². The number of ether oxygens (including phenoxy) is 1. The Balaban J connectivity index is 1.32. The van der Waals surface area contributed by atoms with Crippen LogP contribution in [-0.4, -0.2) is 23.0 Å². The van der Waals surface area contributed by atoms with Crippen molar-refractivity contribution in [3.8, 4) is 5.75 Å². The van der Waals surface area contributed by atoms with Crippen molar-refractivity contribution in [2.24, 2.45) is 5.10 Å². The highest BCUT2D eigenvalue weighted by atomic mass is 79.9. The van der Waals surface area contributed by atoms with E-state index in [0.29, 0.717) is 11.3 Å². The average molecular weight is 532 g/mol. The number of halogens is 1. The minimum atomic E-state index is -0.631. The minimum Gasteiger partial charge on any atom is -0.423 e. The van der Waals surface area contributed by atoms with Crippen molar-refractivity contribution in [3.05, 3.63) is 116 Å². The summed E-state index contributed by atoms with van der Waals surface area (Å²) in [5, 5.41) is 16.7. The molecule has 0 aliphatic carbocycles. The highest BCUT2D eigenvalue weighted by molar-refractivity contribution is 9.10. The zero-order valence-corrected chi connectivity index (χ0v) is 19.8. The highest BCUT2D eigenvalue weighted by Gasteiger charge is 2.12. The Morgan fingerprint density at radius 2 is 1.63 bits per heavy atom. The van der Waals surface area contributed by atoms with Crippen molar-refractivity contribution < 1.29 is 19.2 Å². The number of hydrazone groups is 1. The molecule has 0 bridgehead atoms. The lowest BCUT2D eigenvalue weighted by Crippen LogP contribution is -2.19. The molecule has 0 radical (unpaired) electrons. The number of nitrogens with zero attached hydrogens (tertiary/aromatic N) is 2. The predicted octanol–water partition coefficient (Wildman–Crippen LogP) is 5.42. The first-order valence-electron chi connectivity index (χ1n) is 10.5. The Morgan fingerprint density at radius 1 is 0.943 bits per heavy atom. The maximum atomic E-state index is 12.4. The van der Waals surface area contributed by atoms with E-state index in [1.807, 2.05) is 36.4 Å². The van der Waals surface area contributed by atoms with Crippen molar-refractivity contribution in [1.29, 1.82) is 0 Å². The molecule has 4 rings (SSSR count). The topological polar surface area (TPSA) is 111 Å². The molecule has 0 saturated carbocycles. The second-order valence-corrected chi connectivity index (χ2v) is 8.34. The van der Waals surface area contributed by atoms with Crippen molar-refractivity contribution in [2.75, 3.05) is 0 Å². The van der Waals surface area contributed by atoms with Crippen LogP contribution in [0.5, 0.6) is 5.75 Å². The van der Waals surface area contributed by atoms with Gasteiger partial charge >= 0.3 is 5.97 Å². The highest BCUT2D eigenvalue weighted by Crippen LogP contribution is 2.27. The lowest BCUT2D eigenvalue weighted by atomic mass is 10.0. The third kappa shape index (κ3) is 5.96. The van der Waals surface area contributed by atoms with Crippen LogP contribution in [0.3, 0.4) is 0 Å². The standard InChI is InChI=1S/C26H18BrN3O5/c27-24-14-9-19(22-3-1-2-4-23(22)24)15-25(31)29-28-16-17-5-12-21(13-6-17)35-26(32)18-7-10-20(11-8-18)30(33)34/h1-14,16H,15H2,(H,29,31)/b28-16+. The summed E-state index contributed by atoms with van der Waals surface area (Å²) < 4.78 is 6.25. The number of nitrogens with one attached hydrogen (secondary N) is 1. The third-order valence-electron chi connectivity index (χ3n) is 5.12. The van der Waals surface area contributed by atoms with Gasteiger partial charge in [0.1, 0.15) is 5.75 Å². The first-order valence-corrected chi connectivity index (χ1v) is 11.2. The number of nitro benzene ring substituents is 1. The number of rotatable bonds is 7.